The van der Waals surface area contributed by atoms with Gasteiger partial charge in [0, 0.05) is 30.2 Å². The first kappa shape index (κ1) is 19.0. The van der Waals surface area contributed by atoms with Crippen LogP contribution in [0.1, 0.15) is 35.2 Å². The molecule has 0 aromatic heterocycles. The summed E-state index contributed by atoms with van der Waals surface area (Å²) in [6.45, 7) is 1.85. The first-order valence-corrected chi connectivity index (χ1v) is 9.30. The topological polar surface area (TPSA) is 40.5 Å². The lowest BCUT2D eigenvalue weighted by Crippen LogP contribution is -2.43. The smallest absolute Gasteiger partial charge is 0.196 e. The van der Waals surface area contributed by atoms with Crippen LogP contribution in [0.4, 0.5) is 4.39 Å². The highest BCUT2D eigenvalue weighted by molar-refractivity contribution is 6.30. The van der Waals surface area contributed by atoms with Crippen LogP contribution in [0.25, 0.3) is 0 Å². The number of carbonyl (C=O) groups is 1. The number of Topliss-reactive ketones (excluding diaryl/α,β-unsaturated/α-hetero) is 1. The van der Waals surface area contributed by atoms with E-state index in [2.05, 4.69) is 4.90 Å². The fraction of sp³-hybridized carbons (Fsp3) is 0.381. The van der Waals surface area contributed by atoms with E-state index in [-0.39, 0.29) is 6.42 Å². The molecule has 0 saturated carbocycles. The Hall–Kier alpha value is -1.75. The lowest BCUT2D eigenvalue weighted by molar-refractivity contribution is -0.0268. The van der Waals surface area contributed by atoms with Gasteiger partial charge in [-0.2, -0.15) is 0 Å². The average molecular weight is 376 g/mol. The predicted molar refractivity (Wildman–Crippen MR) is 101 cm³/mol. The molecule has 5 heteroatoms. The second-order valence-corrected chi connectivity index (χ2v) is 7.30. The zero-order valence-electron chi connectivity index (χ0n) is 14.6. The number of alkyl halides is 1. The molecule has 26 heavy (non-hydrogen) atoms. The molecular formula is C21H23ClFNO2. The van der Waals surface area contributed by atoms with Crippen molar-refractivity contribution in [3.8, 4) is 0 Å². The van der Waals surface area contributed by atoms with Crippen molar-refractivity contribution in [3.63, 3.8) is 0 Å². The molecule has 0 bridgehead atoms. The molecule has 2 aromatic carbocycles. The number of rotatable bonds is 6. The third kappa shape index (κ3) is 4.50. The van der Waals surface area contributed by atoms with E-state index in [1.165, 1.54) is 0 Å². The Morgan fingerprint density at radius 2 is 1.73 bits per heavy atom. The average Bonchev–Trinajstić information content (AvgIpc) is 2.68. The number of hydrogen-bond acceptors (Lipinski definition) is 3. The molecule has 3 rings (SSSR count). The summed E-state index contributed by atoms with van der Waals surface area (Å²) in [5.41, 5.74) is 0.413. The molecule has 1 atom stereocenters. The van der Waals surface area contributed by atoms with Crippen molar-refractivity contribution in [1.29, 1.82) is 0 Å². The SMILES string of the molecule is O=C(c1ccccc1)C(F)CCN1CCC(O)(c2ccc(Cl)cc2)CC1. The van der Waals surface area contributed by atoms with Crippen LogP contribution in [-0.4, -0.2) is 41.6 Å². The van der Waals surface area contributed by atoms with Gasteiger partial charge in [-0.25, -0.2) is 4.39 Å². The minimum atomic E-state index is -1.49. The van der Waals surface area contributed by atoms with Crippen molar-refractivity contribution in [2.75, 3.05) is 19.6 Å². The Morgan fingerprint density at radius 3 is 2.35 bits per heavy atom. The normalized spacial score (nSPS) is 18.4. The van der Waals surface area contributed by atoms with Gasteiger partial charge in [0.05, 0.1) is 5.60 Å². The molecule has 1 N–H and O–H groups in total. The summed E-state index contributed by atoms with van der Waals surface area (Å²) >= 11 is 5.91. The van der Waals surface area contributed by atoms with Gasteiger partial charge in [0.2, 0.25) is 0 Å². The van der Waals surface area contributed by atoms with Crippen LogP contribution in [-0.2, 0) is 5.60 Å². The molecule has 0 amide bonds. The standard InChI is InChI=1S/C21H23ClFNO2/c22-18-8-6-17(7-9-18)21(26)11-14-24(15-12-21)13-10-19(23)20(25)16-4-2-1-3-5-16/h1-9,19,26H,10-15H2. The quantitative estimate of drug-likeness (QED) is 0.768. The van der Waals surface area contributed by atoms with E-state index >= 15 is 0 Å². The van der Waals surface area contributed by atoms with Crippen molar-refractivity contribution >= 4 is 17.4 Å². The fourth-order valence-corrected chi connectivity index (χ4v) is 3.53. The number of aliphatic hydroxyl groups is 1. The van der Waals surface area contributed by atoms with E-state index in [4.69, 9.17) is 11.6 Å². The number of halogens is 2. The Morgan fingerprint density at radius 1 is 1.12 bits per heavy atom. The van der Waals surface area contributed by atoms with Crippen LogP contribution < -0.4 is 0 Å². The third-order valence-electron chi connectivity index (χ3n) is 5.11. The predicted octanol–water partition coefficient (Wildman–Crippen LogP) is 4.23. The van der Waals surface area contributed by atoms with Crippen molar-refractivity contribution < 1.29 is 14.3 Å². The number of nitrogens with zero attached hydrogens (tertiary/aromatic N) is 1. The van der Waals surface area contributed by atoms with Crippen LogP contribution in [0.15, 0.2) is 54.6 Å². The molecule has 2 aromatic rings. The highest BCUT2D eigenvalue weighted by Gasteiger charge is 2.34. The number of hydrogen-bond donors (Lipinski definition) is 1. The van der Waals surface area contributed by atoms with Gasteiger partial charge in [0.1, 0.15) is 0 Å². The van der Waals surface area contributed by atoms with Crippen LogP contribution in [0.5, 0.6) is 0 Å². The largest absolute Gasteiger partial charge is 0.385 e. The van der Waals surface area contributed by atoms with E-state index in [1.807, 2.05) is 12.1 Å². The van der Waals surface area contributed by atoms with Gasteiger partial charge in [-0.15, -0.1) is 0 Å². The molecule has 1 saturated heterocycles. The summed E-state index contributed by atoms with van der Waals surface area (Å²) in [4.78, 5) is 14.2. The van der Waals surface area contributed by atoms with E-state index in [9.17, 15) is 14.3 Å². The summed E-state index contributed by atoms with van der Waals surface area (Å²) in [6.07, 6.45) is -0.154. The Balaban J connectivity index is 1.49. The van der Waals surface area contributed by atoms with Gasteiger partial charge < -0.3 is 10.0 Å². The second-order valence-electron chi connectivity index (χ2n) is 6.87. The Bertz CT molecular complexity index is 727. The van der Waals surface area contributed by atoms with Crippen LogP contribution >= 0.6 is 11.6 Å². The molecule has 1 heterocycles. The first-order chi connectivity index (χ1) is 12.5. The van der Waals surface area contributed by atoms with Gasteiger partial charge in [0.25, 0.3) is 0 Å². The summed E-state index contributed by atoms with van der Waals surface area (Å²) in [5.74, 6) is -0.458. The summed E-state index contributed by atoms with van der Waals surface area (Å²) in [7, 11) is 0. The molecule has 138 valence electrons. The highest BCUT2D eigenvalue weighted by atomic mass is 35.5. The number of benzene rings is 2. The maximum atomic E-state index is 14.3. The van der Waals surface area contributed by atoms with Gasteiger partial charge >= 0.3 is 0 Å². The second kappa shape index (κ2) is 8.30. The van der Waals surface area contributed by atoms with Gasteiger partial charge in [-0.3, -0.25) is 4.79 Å². The van der Waals surface area contributed by atoms with Gasteiger partial charge in [-0.1, -0.05) is 54.1 Å². The molecular weight excluding hydrogens is 353 g/mol. The van der Waals surface area contributed by atoms with Gasteiger partial charge in [0.15, 0.2) is 12.0 Å². The summed E-state index contributed by atoms with van der Waals surface area (Å²) < 4.78 is 14.3. The number of likely N-dealkylation sites (tertiary alicyclic amines) is 1. The van der Waals surface area contributed by atoms with Crippen LogP contribution in [0, 0.1) is 0 Å². The molecule has 0 radical (unpaired) electrons. The Labute approximate surface area is 158 Å². The van der Waals surface area contributed by atoms with Crippen molar-refractivity contribution in [2.45, 2.75) is 31.0 Å². The molecule has 1 aliphatic rings. The molecule has 1 unspecified atom stereocenters. The van der Waals surface area contributed by atoms with E-state index < -0.39 is 17.6 Å². The van der Waals surface area contributed by atoms with E-state index in [0.717, 1.165) is 5.56 Å². The van der Waals surface area contributed by atoms with E-state index in [1.54, 1.807) is 42.5 Å². The molecule has 3 nitrogen and oxygen atoms in total. The minimum Gasteiger partial charge on any atom is -0.385 e. The van der Waals surface area contributed by atoms with Gasteiger partial charge in [-0.05, 0) is 37.0 Å². The maximum Gasteiger partial charge on any atom is 0.196 e. The van der Waals surface area contributed by atoms with Crippen LogP contribution in [0.3, 0.4) is 0 Å². The summed E-state index contributed by atoms with van der Waals surface area (Å²) in [6, 6.07) is 15.8. The first-order valence-electron chi connectivity index (χ1n) is 8.92. The number of ketones is 1. The van der Waals surface area contributed by atoms with Crippen molar-refractivity contribution in [3.05, 3.63) is 70.7 Å². The molecule has 1 fully saturated rings. The van der Waals surface area contributed by atoms with Crippen molar-refractivity contribution in [2.24, 2.45) is 0 Å². The fourth-order valence-electron chi connectivity index (χ4n) is 3.41. The number of piperidine rings is 1. The van der Waals surface area contributed by atoms with Crippen LogP contribution in [0.2, 0.25) is 5.02 Å². The monoisotopic (exact) mass is 375 g/mol. The molecule has 1 aliphatic heterocycles. The molecule has 0 spiro atoms. The highest BCUT2D eigenvalue weighted by Crippen LogP contribution is 2.33. The lowest BCUT2D eigenvalue weighted by Gasteiger charge is -2.38. The third-order valence-corrected chi connectivity index (χ3v) is 5.36. The number of carbonyl (C=O) groups excluding carboxylic acids is 1. The Kier molecular flexibility index (Phi) is 6.07. The minimum absolute atomic E-state index is 0.174. The zero-order valence-corrected chi connectivity index (χ0v) is 15.3. The zero-order chi connectivity index (χ0) is 18.6. The lowest BCUT2D eigenvalue weighted by atomic mass is 9.84. The van der Waals surface area contributed by atoms with E-state index in [0.29, 0.717) is 43.1 Å². The summed E-state index contributed by atoms with van der Waals surface area (Å²) in [5, 5.41) is 11.5. The van der Waals surface area contributed by atoms with Crippen molar-refractivity contribution in [1.82, 2.24) is 4.90 Å². The maximum absolute atomic E-state index is 14.3. The molecule has 0 aliphatic carbocycles.